The molecule has 0 aliphatic carbocycles. The third kappa shape index (κ3) is 4.95. The number of unbranched alkanes of at least 4 members (excludes halogenated alkanes) is 1. The van der Waals surface area contributed by atoms with Crippen LogP contribution in [-0.2, 0) is 15.6 Å². The zero-order valence-electron chi connectivity index (χ0n) is 8.99. The van der Waals surface area contributed by atoms with E-state index in [4.69, 9.17) is 28.5 Å². The van der Waals surface area contributed by atoms with Gasteiger partial charge in [-0.25, -0.2) is 8.42 Å². The maximum absolute atomic E-state index is 11.7. The van der Waals surface area contributed by atoms with Gasteiger partial charge in [0, 0.05) is 6.42 Å². The molecule has 0 radical (unpaired) electrons. The van der Waals surface area contributed by atoms with Crippen molar-refractivity contribution in [3.63, 3.8) is 0 Å². The van der Waals surface area contributed by atoms with E-state index in [1.807, 2.05) is 6.07 Å². The lowest BCUT2D eigenvalue weighted by atomic mass is 10.2. The summed E-state index contributed by atoms with van der Waals surface area (Å²) in [6.07, 6.45) is 0.612. The predicted octanol–water partition coefficient (Wildman–Crippen LogP) is 3.21. The molecule has 0 atom stereocenters. The number of hydrogen-bond donors (Lipinski definition) is 0. The maximum Gasteiger partial charge on any atom is 0.154 e. The van der Waals surface area contributed by atoms with Crippen LogP contribution < -0.4 is 0 Å². The summed E-state index contributed by atoms with van der Waals surface area (Å²) in [5.41, 5.74) is 0.608. The molecule has 0 spiro atoms. The second-order valence-corrected chi connectivity index (χ2v) is 6.60. The minimum absolute atomic E-state index is 0.0147. The highest BCUT2D eigenvalue weighted by Gasteiger charge is 2.12. The number of benzene rings is 1. The number of nitriles is 1. The molecule has 6 heteroatoms. The normalized spacial score (nSPS) is 11.1. The molecule has 0 fully saturated rings. The Morgan fingerprint density at radius 3 is 2.53 bits per heavy atom. The van der Waals surface area contributed by atoms with Gasteiger partial charge in [-0.05, 0) is 24.1 Å². The van der Waals surface area contributed by atoms with Gasteiger partial charge in [0.05, 0.1) is 27.6 Å². The van der Waals surface area contributed by atoms with E-state index in [0.29, 0.717) is 22.0 Å². The smallest absolute Gasteiger partial charge is 0.154 e. The molecule has 0 aliphatic heterocycles. The fraction of sp³-hybridized carbons (Fsp3) is 0.364. The largest absolute Gasteiger partial charge is 0.228 e. The average Bonchev–Trinajstić information content (AvgIpc) is 2.23. The highest BCUT2D eigenvalue weighted by Crippen LogP contribution is 2.23. The lowest BCUT2D eigenvalue weighted by Crippen LogP contribution is -2.09. The van der Waals surface area contributed by atoms with Crippen LogP contribution in [0.3, 0.4) is 0 Å². The van der Waals surface area contributed by atoms with Gasteiger partial charge in [0.25, 0.3) is 0 Å². The molecule has 0 amide bonds. The zero-order chi connectivity index (χ0) is 12.9. The van der Waals surface area contributed by atoms with Crippen molar-refractivity contribution < 1.29 is 8.42 Å². The second kappa shape index (κ2) is 6.25. The number of rotatable bonds is 5. The highest BCUT2D eigenvalue weighted by atomic mass is 35.5. The molecule has 1 aromatic rings. The molecule has 0 saturated heterocycles. The number of hydrogen-bond acceptors (Lipinski definition) is 3. The third-order valence-corrected chi connectivity index (χ3v) is 4.54. The first kappa shape index (κ1) is 14.3. The molecule has 0 bridgehead atoms. The van der Waals surface area contributed by atoms with Crippen LogP contribution in [0.4, 0.5) is 0 Å². The Kier molecular flexibility index (Phi) is 5.26. The Morgan fingerprint density at radius 2 is 1.94 bits per heavy atom. The highest BCUT2D eigenvalue weighted by molar-refractivity contribution is 7.90. The zero-order valence-corrected chi connectivity index (χ0v) is 11.3. The SMILES string of the molecule is N#CCCCS(=O)(=O)Cc1ccc(Cl)c(Cl)c1. The van der Waals surface area contributed by atoms with Crippen LogP contribution in [0.1, 0.15) is 18.4 Å². The van der Waals surface area contributed by atoms with E-state index in [9.17, 15) is 8.42 Å². The molecule has 0 heterocycles. The van der Waals surface area contributed by atoms with E-state index in [0.717, 1.165) is 0 Å². The molecular weight excluding hydrogens is 281 g/mol. The molecule has 1 aromatic carbocycles. The van der Waals surface area contributed by atoms with Crippen molar-refractivity contribution in [2.24, 2.45) is 0 Å². The van der Waals surface area contributed by atoms with E-state index in [1.54, 1.807) is 18.2 Å². The van der Waals surface area contributed by atoms with Gasteiger partial charge in [-0.3, -0.25) is 0 Å². The molecule has 0 saturated carbocycles. The molecular formula is C11H11Cl2NO2S. The molecule has 0 N–H and O–H groups in total. The minimum Gasteiger partial charge on any atom is -0.228 e. The first-order valence-electron chi connectivity index (χ1n) is 4.96. The van der Waals surface area contributed by atoms with Crippen molar-refractivity contribution in [3.8, 4) is 6.07 Å². The Morgan fingerprint density at radius 1 is 1.24 bits per heavy atom. The second-order valence-electron chi connectivity index (χ2n) is 3.60. The van der Waals surface area contributed by atoms with Crippen molar-refractivity contribution in [2.45, 2.75) is 18.6 Å². The fourth-order valence-electron chi connectivity index (χ4n) is 1.33. The standard InChI is InChI=1S/C11H11Cl2NO2S/c12-10-4-3-9(7-11(10)13)8-17(15,16)6-2-1-5-14/h3-4,7H,1-2,6,8H2. The minimum atomic E-state index is -3.19. The lowest BCUT2D eigenvalue weighted by molar-refractivity contribution is 0.593. The molecule has 0 aromatic heterocycles. The molecule has 92 valence electrons. The summed E-state index contributed by atoms with van der Waals surface area (Å²) in [5, 5.41) is 9.09. The molecule has 0 aliphatic rings. The molecule has 1 rings (SSSR count). The quantitative estimate of drug-likeness (QED) is 0.783. The number of nitrogens with zero attached hydrogens (tertiary/aromatic N) is 1. The topological polar surface area (TPSA) is 57.9 Å². The molecule has 3 nitrogen and oxygen atoms in total. The van der Waals surface area contributed by atoms with Crippen LogP contribution in [0.25, 0.3) is 0 Å². The Bertz CT molecular complexity index is 535. The van der Waals surface area contributed by atoms with Crippen molar-refractivity contribution >= 4 is 33.0 Å². The van der Waals surface area contributed by atoms with Gasteiger partial charge in [0.1, 0.15) is 0 Å². The summed E-state index contributed by atoms with van der Waals surface area (Å²) in [6, 6.07) is 6.67. The Balaban J connectivity index is 2.70. The summed E-state index contributed by atoms with van der Waals surface area (Å²) in [7, 11) is -3.19. The van der Waals surface area contributed by atoms with Gasteiger partial charge in [0.15, 0.2) is 9.84 Å². The first-order chi connectivity index (χ1) is 7.94. The van der Waals surface area contributed by atoms with Crippen LogP contribution in [0.15, 0.2) is 18.2 Å². The van der Waals surface area contributed by atoms with Crippen LogP contribution in [0, 0.1) is 11.3 Å². The van der Waals surface area contributed by atoms with Crippen molar-refractivity contribution in [3.05, 3.63) is 33.8 Å². The number of halogens is 2. The maximum atomic E-state index is 11.7. The summed E-state index contributed by atoms with van der Waals surface area (Å²) < 4.78 is 23.4. The van der Waals surface area contributed by atoms with E-state index in [2.05, 4.69) is 0 Å². The van der Waals surface area contributed by atoms with Crippen molar-refractivity contribution in [1.29, 1.82) is 5.26 Å². The third-order valence-electron chi connectivity index (χ3n) is 2.11. The van der Waals surface area contributed by atoms with E-state index in [-0.39, 0.29) is 17.9 Å². The van der Waals surface area contributed by atoms with E-state index >= 15 is 0 Å². The van der Waals surface area contributed by atoms with Crippen molar-refractivity contribution in [1.82, 2.24) is 0 Å². The van der Waals surface area contributed by atoms with Crippen LogP contribution in [0.2, 0.25) is 10.0 Å². The van der Waals surface area contributed by atoms with Crippen LogP contribution in [-0.4, -0.2) is 14.2 Å². The van der Waals surface area contributed by atoms with Gasteiger partial charge in [-0.1, -0.05) is 29.3 Å². The van der Waals surface area contributed by atoms with Gasteiger partial charge in [-0.15, -0.1) is 0 Å². The number of sulfone groups is 1. The lowest BCUT2D eigenvalue weighted by Gasteiger charge is -2.04. The Labute approximate surface area is 111 Å². The first-order valence-corrected chi connectivity index (χ1v) is 7.53. The fourth-order valence-corrected chi connectivity index (χ4v) is 3.06. The Hall–Kier alpha value is -0.760. The average molecular weight is 292 g/mol. The molecule has 0 unspecified atom stereocenters. The van der Waals surface area contributed by atoms with Crippen LogP contribution in [0.5, 0.6) is 0 Å². The van der Waals surface area contributed by atoms with Gasteiger partial charge < -0.3 is 0 Å². The van der Waals surface area contributed by atoms with Gasteiger partial charge >= 0.3 is 0 Å². The summed E-state index contributed by atoms with van der Waals surface area (Å²) in [4.78, 5) is 0. The van der Waals surface area contributed by atoms with Crippen LogP contribution >= 0.6 is 23.2 Å². The summed E-state index contributed by atoms with van der Waals surface area (Å²) in [6.45, 7) is 0. The summed E-state index contributed by atoms with van der Waals surface area (Å²) >= 11 is 11.5. The monoisotopic (exact) mass is 291 g/mol. The van der Waals surface area contributed by atoms with Crippen molar-refractivity contribution in [2.75, 3.05) is 5.75 Å². The predicted molar refractivity (Wildman–Crippen MR) is 68.8 cm³/mol. The molecule has 17 heavy (non-hydrogen) atoms. The van der Waals surface area contributed by atoms with Gasteiger partial charge in [0.2, 0.25) is 0 Å². The van der Waals surface area contributed by atoms with Gasteiger partial charge in [-0.2, -0.15) is 5.26 Å². The van der Waals surface area contributed by atoms with E-state index in [1.165, 1.54) is 0 Å². The summed E-state index contributed by atoms with van der Waals surface area (Å²) in [5.74, 6) is -0.0594. The van der Waals surface area contributed by atoms with E-state index < -0.39 is 9.84 Å².